The maximum Gasteiger partial charge on any atom is 0.222 e. The standard InChI is InChI=1S/C12H19N3OS.2ClH/c1-15(9-11-14-6-7-17-11)12(16)3-2-10-4-5-13-8-10;;/h6-7,10,13H,2-5,8-9H2,1H3;2*1H. The van der Waals surface area contributed by atoms with Gasteiger partial charge in [0.05, 0.1) is 6.54 Å². The lowest BCUT2D eigenvalue weighted by Gasteiger charge is -2.16. The summed E-state index contributed by atoms with van der Waals surface area (Å²) in [5.41, 5.74) is 0. The van der Waals surface area contributed by atoms with E-state index in [-0.39, 0.29) is 30.7 Å². The van der Waals surface area contributed by atoms with Crippen molar-refractivity contribution in [3.8, 4) is 0 Å². The van der Waals surface area contributed by atoms with E-state index >= 15 is 0 Å². The Bertz CT molecular complexity index is 356. The Morgan fingerprint density at radius 1 is 1.58 bits per heavy atom. The van der Waals surface area contributed by atoms with Crippen LogP contribution in [0, 0.1) is 5.92 Å². The minimum absolute atomic E-state index is 0. The van der Waals surface area contributed by atoms with E-state index in [4.69, 9.17) is 0 Å². The molecule has 110 valence electrons. The third kappa shape index (κ3) is 6.08. The van der Waals surface area contributed by atoms with Crippen LogP contribution in [0.25, 0.3) is 0 Å². The molecule has 4 nitrogen and oxygen atoms in total. The van der Waals surface area contributed by atoms with Gasteiger partial charge in [-0.2, -0.15) is 0 Å². The number of carbonyl (C=O) groups is 1. The van der Waals surface area contributed by atoms with Crippen molar-refractivity contribution in [2.24, 2.45) is 5.92 Å². The number of halogens is 2. The molecule has 1 atom stereocenters. The van der Waals surface area contributed by atoms with E-state index in [0.717, 1.165) is 24.5 Å². The van der Waals surface area contributed by atoms with Crippen molar-refractivity contribution in [2.45, 2.75) is 25.8 Å². The molecule has 1 saturated heterocycles. The van der Waals surface area contributed by atoms with Gasteiger partial charge in [0.25, 0.3) is 0 Å². The molecule has 0 aliphatic carbocycles. The zero-order chi connectivity index (χ0) is 12.1. The first-order valence-corrected chi connectivity index (χ1v) is 6.96. The first-order chi connectivity index (χ1) is 8.25. The van der Waals surface area contributed by atoms with Gasteiger partial charge in [0.2, 0.25) is 5.91 Å². The van der Waals surface area contributed by atoms with Crippen LogP contribution in [0.4, 0.5) is 0 Å². The molecule has 1 amide bonds. The van der Waals surface area contributed by atoms with E-state index in [1.54, 1.807) is 22.4 Å². The van der Waals surface area contributed by atoms with Crippen molar-refractivity contribution in [1.29, 1.82) is 0 Å². The number of rotatable bonds is 5. The molecule has 1 unspecified atom stereocenters. The minimum atomic E-state index is 0. The topological polar surface area (TPSA) is 45.2 Å². The second kappa shape index (κ2) is 9.53. The molecule has 1 aromatic heterocycles. The van der Waals surface area contributed by atoms with Crippen LogP contribution in [0.15, 0.2) is 11.6 Å². The van der Waals surface area contributed by atoms with Gasteiger partial charge in [0.15, 0.2) is 0 Å². The van der Waals surface area contributed by atoms with Crippen molar-refractivity contribution in [3.05, 3.63) is 16.6 Å². The van der Waals surface area contributed by atoms with Gasteiger partial charge in [-0.1, -0.05) is 0 Å². The highest BCUT2D eigenvalue weighted by atomic mass is 35.5. The minimum Gasteiger partial charge on any atom is -0.339 e. The maximum atomic E-state index is 11.9. The van der Waals surface area contributed by atoms with E-state index < -0.39 is 0 Å². The first kappa shape index (κ1) is 18.6. The molecule has 0 bridgehead atoms. The largest absolute Gasteiger partial charge is 0.339 e. The summed E-state index contributed by atoms with van der Waals surface area (Å²) in [6.45, 7) is 2.82. The summed E-state index contributed by atoms with van der Waals surface area (Å²) in [4.78, 5) is 17.9. The molecular formula is C12H21Cl2N3OS. The molecule has 2 heterocycles. The third-order valence-electron chi connectivity index (χ3n) is 3.21. The SMILES string of the molecule is CN(Cc1nccs1)C(=O)CCC1CCNC1.Cl.Cl. The molecule has 1 aliphatic rings. The summed E-state index contributed by atoms with van der Waals surface area (Å²) in [6, 6.07) is 0. The maximum absolute atomic E-state index is 11.9. The highest BCUT2D eigenvalue weighted by molar-refractivity contribution is 7.09. The van der Waals surface area contributed by atoms with E-state index in [9.17, 15) is 4.79 Å². The van der Waals surface area contributed by atoms with Crippen molar-refractivity contribution < 1.29 is 4.79 Å². The molecule has 1 aliphatic heterocycles. The lowest BCUT2D eigenvalue weighted by Crippen LogP contribution is -2.26. The second-order valence-electron chi connectivity index (χ2n) is 4.57. The Kier molecular flexibility index (Phi) is 9.35. The fourth-order valence-corrected chi connectivity index (χ4v) is 2.77. The summed E-state index contributed by atoms with van der Waals surface area (Å²) in [5, 5.41) is 6.27. The summed E-state index contributed by atoms with van der Waals surface area (Å²) < 4.78 is 0. The van der Waals surface area contributed by atoms with E-state index in [0.29, 0.717) is 18.9 Å². The number of hydrogen-bond donors (Lipinski definition) is 1. The number of carbonyl (C=O) groups excluding carboxylic acids is 1. The monoisotopic (exact) mass is 325 g/mol. The Hall–Kier alpha value is -0.360. The molecule has 1 N–H and O–H groups in total. The molecule has 0 aromatic carbocycles. The molecule has 1 fully saturated rings. The quantitative estimate of drug-likeness (QED) is 0.903. The van der Waals surface area contributed by atoms with Gasteiger partial charge >= 0.3 is 0 Å². The van der Waals surface area contributed by atoms with Crippen LogP contribution in [0.1, 0.15) is 24.3 Å². The van der Waals surface area contributed by atoms with Crippen molar-refractivity contribution in [3.63, 3.8) is 0 Å². The number of nitrogens with one attached hydrogen (secondary N) is 1. The van der Waals surface area contributed by atoms with Gasteiger partial charge < -0.3 is 10.2 Å². The molecule has 19 heavy (non-hydrogen) atoms. The fraction of sp³-hybridized carbons (Fsp3) is 0.667. The normalized spacial score (nSPS) is 17.4. The lowest BCUT2D eigenvalue weighted by atomic mass is 10.0. The third-order valence-corrected chi connectivity index (χ3v) is 3.97. The van der Waals surface area contributed by atoms with Crippen molar-refractivity contribution in [1.82, 2.24) is 15.2 Å². The Labute approximate surface area is 130 Å². The van der Waals surface area contributed by atoms with E-state index in [1.807, 2.05) is 12.4 Å². The first-order valence-electron chi connectivity index (χ1n) is 6.09. The van der Waals surface area contributed by atoms with Gasteiger partial charge in [-0.25, -0.2) is 4.98 Å². The summed E-state index contributed by atoms with van der Waals surface area (Å²) in [5.74, 6) is 0.916. The molecule has 1 aromatic rings. The average Bonchev–Trinajstić information content (AvgIpc) is 2.98. The van der Waals surface area contributed by atoms with Crippen LogP contribution in [-0.4, -0.2) is 35.9 Å². The van der Waals surface area contributed by atoms with Gasteiger partial charge in [-0.3, -0.25) is 4.79 Å². The Morgan fingerprint density at radius 2 is 2.37 bits per heavy atom. The highest BCUT2D eigenvalue weighted by Gasteiger charge is 2.17. The molecule has 2 rings (SSSR count). The summed E-state index contributed by atoms with van der Waals surface area (Å²) in [7, 11) is 1.86. The van der Waals surface area contributed by atoms with Crippen LogP contribution in [-0.2, 0) is 11.3 Å². The number of aromatic nitrogens is 1. The van der Waals surface area contributed by atoms with Crippen LogP contribution in [0.3, 0.4) is 0 Å². The van der Waals surface area contributed by atoms with Crippen LogP contribution < -0.4 is 5.32 Å². The van der Waals surface area contributed by atoms with Crippen molar-refractivity contribution in [2.75, 3.05) is 20.1 Å². The van der Waals surface area contributed by atoms with Crippen LogP contribution in [0.5, 0.6) is 0 Å². The number of hydrogen-bond acceptors (Lipinski definition) is 4. The average molecular weight is 326 g/mol. The van der Waals surface area contributed by atoms with Crippen LogP contribution >= 0.6 is 36.2 Å². The predicted octanol–water partition coefficient (Wildman–Crippen LogP) is 2.33. The Morgan fingerprint density at radius 3 is 2.95 bits per heavy atom. The zero-order valence-electron chi connectivity index (χ0n) is 11.0. The van der Waals surface area contributed by atoms with Crippen molar-refractivity contribution >= 4 is 42.1 Å². The van der Waals surface area contributed by atoms with Crippen LogP contribution in [0.2, 0.25) is 0 Å². The van der Waals surface area contributed by atoms with Gasteiger partial charge in [0, 0.05) is 25.0 Å². The van der Waals surface area contributed by atoms with E-state index in [2.05, 4.69) is 10.3 Å². The molecule has 0 saturated carbocycles. The zero-order valence-corrected chi connectivity index (χ0v) is 13.5. The highest BCUT2D eigenvalue weighted by Crippen LogP contribution is 2.15. The summed E-state index contributed by atoms with van der Waals surface area (Å²) in [6.07, 6.45) is 4.66. The lowest BCUT2D eigenvalue weighted by molar-refractivity contribution is -0.130. The van der Waals surface area contributed by atoms with Gasteiger partial charge in [-0.05, 0) is 31.8 Å². The number of thiazole rings is 1. The molecular weight excluding hydrogens is 305 g/mol. The molecule has 7 heteroatoms. The summed E-state index contributed by atoms with van der Waals surface area (Å²) >= 11 is 1.60. The van der Waals surface area contributed by atoms with E-state index in [1.165, 1.54) is 6.42 Å². The smallest absolute Gasteiger partial charge is 0.222 e. The number of nitrogens with zero attached hydrogens (tertiary/aromatic N) is 2. The Balaban J connectivity index is 0.00000162. The van der Waals surface area contributed by atoms with Gasteiger partial charge in [0.1, 0.15) is 5.01 Å². The predicted molar refractivity (Wildman–Crippen MR) is 83.3 cm³/mol. The fourth-order valence-electron chi connectivity index (χ4n) is 2.10. The number of amides is 1. The second-order valence-corrected chi connectivity index (χ2v) is 5.55. The molecule has 0 spiro atoms. The van der Waals surface area contributed by atoms with Gasteiger partial charge in [-0.15, -0.1) is 36.2 Å². The molecule has 0 radical (unpaired) electrons.